The van der Waals surface area contributed by atoms with E-state index in [1.54, 1.807) is 0 Å². The fraction of sp³-hybridized carbons (Fsp3) is 0.364. The molecule has 0 fully saturated rings. The Kier molecular flexibility index (Phi) is 4.78. The van der Waals surface area contributed by atoms with Crippen molar-refractivity contribution in [1.29, 1.82) is 0 Å². The van der Waals surface area contributed by atoms with E-state index in [-0.39, 0.29) is 12.6 Å². The number of carboxylic acids is 1. The molecule has 1 aromatic rings. The Bertz CT molecular complexity index is 324. The van der Waals surface area contributed by atoms with Crippen molar-refractivity contribution in [3.63, 3.8) is 0 Å². The van der Waals surface area contributed by atoms with E-state index >= 15 is 0 Å². The minimum absolute atomic E-state index is 0.00539. The van der Waals surface area contributed by atoms with Crippen LogP contribution in [0.4, 0.5) is 0 Å². The summed E-state index contributed by atoms with van der Waals surface area (Å²) in [5, 5.41) is 11.6. The van der Waals surface area contributed by atoms with Crippen LogP contribution in [0.3, 0.4) is 0 Å². The third-order valence-corrected chi connectivity index (χ3v) is 2.71. The van der Waals surface area contributed by atoms with E-state index in [9.17, 15) is 4.79 Å². The van der Waals surface area contributed by atoms with Crippen molar-refractivity contribution >= 4 is 21.9 Å². The van der Waals surface area contributed by atoms with Crippen LogP contribution in [0.5, 0.6) is 0 Å². The maximum atomic E-state index is 10.4. The predicted octanol–water partition coefficient (Wildman–Crippen LogP) is 2.57. The highest BCUT2D eigenvalue weighted by atomic mass is 79.9. The van der Waals surface area contributed by atoms with Gasteiger partial charge in [-0.2, -0.15) is 0 Å². The molecule has 1 unspecified atom stereocenters. The average Bonchev–Trinajstić information content (AvgIpc) is 2.21. The summed E-state index contributed by atoms with van der Waals surface area (Å²) in [4.78, 5) is 10.4. The van der Waals surface area contributed by atoms with Gasteiger partial charge in [-0.3, -0.25) is 4.79 Å². The fourth-order valence-electron chi connectivity index (χ4n) is 1.40. The molecular weight excluding hydrogens is 258 g/mol. The van der Waals surface area contributed by atoms with E-state index in [1.807, 2.05) is 31.2 Å². The summed E-state index contributed by atoms with van der Waals surface area (Å²) >= 11 is 3.36. The zero-order chi connectivity index (χ0) is 11.3. The Morgan fingerprint density at radius 3 is 2.53 bits per heavy atom. The normalized spacial score (nSPS) is 12.4. The lowest BCUT2D eigenvalue weighted by Crippen LogP contribution is -2.26. The van der Waals surface area contributed by atoms with E-state index in [1.165, 1.54) is 0 Å². The molecule has 1 atom stereocenters. The molecule has 1 rings (SSSR count). The maximum Gasteiger partial charge on any atom is 0.317 e. The van der Waals surface area contributed by atoms with E-state index in [0.29, 0.717) is 0 Å². The number of carboxylic acid groups (broad SMARTS) is 1. The van der Waals surface area contributed by atoms with Crippen molar-refractivity contribution in [2.24, 2.45) is 0 Å². The van der Waals surface area contributed by atoms with Crippen LogP contribution >= 0.6 is 15.9 Å². The molecule has 0 heterocycles. The topological polar surface area (TPSA) is 49.3 Å². The van der Waals surface area contributed by atoms with E-state index in [2.05, 4.69) is 21.2 Å². The van der Waals surface area contributed by atoms with E-state index in [4.69, 9.17) is 5.11 Å². The third-order valence-electron chi connectivity index (χ3n) is 2.18. The third kappa shape index (κ3) is 4.01. The van der Waals surface area contributed by atoms with Gasteiger partial charge in [0, 0.05) is 10.5 Å². The molecule has 0 aromatic heterocycles. The number of benzene rings is 1. The lowest BCUT2D eigenvalue weighted by Gasteiger charge is -2.16. The van der Waals surface area contributed by atoms with Crippen LogP contribution in [0.2, 0.25) is 0 Å². The summed E-state index contributed by atoms with van der Waals surface area (Å²) in [7, 11) is 0. The first-order valence-electron chi connectivity index (χ1n) is 4.84. The van der Waals surface area contributed by atoms with Gasteiger partial charge in [0.25, 0.3) is 0 Å². The number of rotatable bonds is 5. The number of hydrogen-bond donors (Lipinski definition) is 2. The SMILES string of the molecule is CCC(NCC(=O)O)c1ccc(Br)cc1. The standard InChI is InChI=1S/C11H14BrNO2/c1-2-10(13-7-11(14)15)8-3-5-9(12)6-4-8/h3-6,10,13H,2,7H2,1H3,(H,14,15). The van der Waals surface area contributed by atoms with Gasteiger partial charge in [0.05, 0.1) is 6.54 Å². The second-order valence-corrected chi connectivity index (χ2v) is 4.20. The lowest BCUT2D eigenvalue weighted by molar-refractivity contribution is -0.136. The van der Waals surface area contributed by atoms with Gasteiger partial charge < -0.3 is 10.4 Å². The van der Waals surface area contributed by atoms with Gasteiger partial charge in [0.2, 0.25) is 0 Å². The lowest BCUT2D eigenvalue weighted by atomic mass is 10.0. The molecule has 2 N–H and O–H groups in total. The van der Waals surface area contributed by atoms with Gasteiger partial charge in [0.1, 0.15) is 0 Å². The van der Waals surface area contributed by atoms with Gasteiger partial charge in [-0.05, 0) is 24.1 Å². The number of halogens is 1. The van der Waals surface area contributed by atoms with Crippen LogP contribution in [-0.2, 0) is 4.79 Å². The first-order chi connectivity index (χ1) is 7.13. The fourth-order valence-corrected chi connectivity index (χ4v) is 1.67. The molecule has 82 valence electrons. The second kappa shape index (κ2) is 5.88. The smallest absolute Gasteiger partial charge is 0.317 e. The average molecular weight is 272 g/mol. The molecule has 0 amide bonds. The minimum Gasteiger partial charge on any atom is -0.480 e. The van der Waals surface area contributed by atoms with Gasteiger partial charge in [-0.15, -0.1) is 0 Å². The summed E-state index contributed by atoms with van der Waals surface area (Å²) in [6.45, 7) is 2.02. The van der Waals surface area contributed by atoms with Crippen LogP contribution in [0.1, 0.15) is 24.9 Å². The van der Waals surface area contributed by atoms with E-state index in [0.717, 1.165) is 16.5 Å². The summed E-state index contributed by atoms with van der Waals surface area (Å²) in [6, 6.07) is 8.01. The highest BCUT2D eigenvalue weighted by Crippen LogP contribution is 2.18. The highest BCUT2D eigenvalue weighted by Gasteiger charge is 2.09. The van der Waals surface area contributed by atoms with Crippen LogP contribution in [0.25, 0.3) is 0 Å². The molecule has 0 aliphatic carbocycles. The summed E-state index contributed by atoms with van der Waals surface area (Å²) in [5.41, 5.74) is 1.11. The van der Waals surface area contributed by atoms with Crippen molar-refractivity contribution in [3.05, 3.63) is 34.3 Å². The molecule has 0 saturated heterocycles. The molecule has 0 saturated carbocycles. The molecule has 3 nitrogen and oxygen atoms in total. The Morgan fingerprint density at radius 1 is 1.47 bits per heavy atom. The van der Waals surface area contributed by atoms with Crippen molar-refractivity contribution in [3.8, 4) is 0 Å². The van der Waals surface area contributed by atoms with Crippen molar-refractivity contribution < 1.29 is 9.90 Å². The quantitative estimate of drug-likeness (QED) is 0.866. The highest BCUT2D eigenvalue weighted by molar-refractivity contribution is 9.10. The first kappa shape index (κ1) is 12.2. The minimum atomic E-state index is -0.828. The second-order valence-electron chi connectivity index (χ2n) is 3.29. The molecule has 4 heteroatoms. The Labute approximate surface area is 97.6 Å². The van der Waals surface area contributed by atoms with Crippen LogP contribution in [-0.4, -0.2) is 17.6 Å². The Morgan fingerprint density at radius 2 is 2.07 bits per heavy atom. The number of aliphatic carboxylic acids is 1. The van der Waals surface area contributed by atoms with Crippen LogP contribution in [0.15, 0.2) is 28.7 Å². The number of carbonyl (C=O) groups is 1. The molecule has 0 spiro atoms. The van der Waals surface area contributed by atoms with Gasteiger partial charge in [-0.25, -0.2) is 0 Å². The van der Waals surface area contributed by atoms with Gasteiger partial charge in [-0.1, -0.05) is 35.0 Å². The number of hydrogen-bond acceptors (Lipinski definition) is 2. The van der Waals surface area contributed by atoms with Crippen LogP contribution < -0.4 is 5.32 Å². The van der Waals surface area contributed by atoms with E-state index < -0.39 is 5.97 Å². The zero-order valence-electron chi connectivity index (χ0n) is 8.53. The van der Waals surface area contributed by atoms with Crippen molar-refractivity contribution in [1.82, 2.24) is 5.32 Å². The molecule has 1 aromatic carbocycles. The Hall–Kier alpha value is -0.870. The number of nitrogens with one attached hydrogen (secondary N) is 1. The van der Waals surface area contributed by atoms with Crippen molar-refractivity contribution in [2.75, 3.05) is 6.54 Å². The summed E-state index contributed by atoms with van der Waals surface area (Å²) < 4.78 is 1.03. The first-order valence-corrected chi connectivity index (χ1v) is 5.63. The van der Waals surface area contributed by atoms with Gasteiger partial charge in [0.15, 0.2) is 0 Å². The zero-order valence-corrected chi connectivity index (χ0v) is 10.1. The maximum absolute atomic E-state index is 10.4. The molecular formula is C11H14BrNO2. The molecule has 0 radical (unpaired) electrons. The van der Waals surface area contributed by atoms with Crippen LogP contribution in [0, 0.1) is 0 Å². The largest absolute Gasteiger partial charge is 0.480 e. The molecule has 0 aliphatic rings. The summed E-state index contributed by atoms with van der Waals surface area (Å²) in [6.07, 6.45) is 0.870. The predicted molar refractivity (Wildman–Crippen MR) is 62.8 cm³/mol. The summed E-state index contributed by atoms with van der Waals surface area (Å²) in [5.74, 6) is -0.828. The Balaban J connectivity index is 2.65. The molecule has 0 bridgehead atoms. The molecule has 0 aliphatic heterocycles. The van der Waals surface area contributed by atoms with Gasteiger partial charge >= 0.3 is 5.97 Å². The molecule has 15 heavy (non-hydrogen) atoms. The van der Waals surface area contributed by atoms with Crippen molar-refractivity contribution in [2.45, 2.75) is 19.4 Å². The monoisotopic (exact) mass is 271 g/mol.